The van der Waals surface area contributed by atoms with Crippen LogP contribution in [0.1, 0.15) is 90.7 Å². The molecule has 1 aromatic carbocycles. The second kappa shape index (κ2) is 8.61. The highest BCUT2D eigenvalue weighted by Gasteiger charge is 2.80. The van der Waals surface area contributed by atoms with Gasteiger partial charge in [-0.25, -0.2) is 4.79 Å². The van der Waals surface area contributed by atoms with E-state index in [0.717, 1.165) is 51.0 Å². The minimum Gasteiger partial charge on any atom is -0.482 e. The van der Waals surface area contributed by atoms with Gasteiger partial charge >= 0.3 is 6.16 Å². The van der Waals surface area contributed by atoms with Gasteiger partial charge in [-0.05, 0) is 94.7 Å². The molecule has 7 nitrogen and oxygen atoms in total. The van der Waals surface area contributed by atoms with E-state index in [1.54, 1.807) is 6.92 Å². The summed E-state index contributed by atoms with van der Waals surface area (Å²) in [6, 6.07) is 4.47. The lowest BCUT2D eigenvalue weighted by Crippen LogP contribution is -2.79. The van der Waals surface area contributed by atoms with E-state index in [2.05, 4.69) is 31.7 Å². The molecule has 220 valence electrons. The molecule has 1 N–H and O–H groups in total. The molecule has 8 rings (SSSR count). The summed E-state index contributed by atoms with van der Waals surface area (Å²) < 4.78 is 24.8. The quantitative estimate of drug-likeness (QED) is 0.361. The number of nitrogens with zero attached hydrogens (tertiary/aromatic N) is 1. The first-order valence-electron chi connectivity index (χ1n) is 15.6. The zero-order valence-corrected chi connectivity index (χ0v) is 25.2. The van der Waals surface area contributed by atoms with Crippen LogP contribution in [0.15, 0.2) is 12.1 Å². The molecule has 2 aliphatic heterocycles. The van der Waals surface area contributed by atoms with Gasteiger partial charge in [-0.1, -0.05) is 26.8 Å². The summed E-state index contributed by atoms with van der Waals surface area (Å²) in [5.41, 5.74) is 0.302. The Balaban J connectivity index is 1.46. The minimum atomic E-state index is -0.972. The molecule has 1 aromatic rings. The number of methoxy groups -OCH3 is 1. The standard InChI is InChI=1S/C33H47NO6/c1-7-38-28(35)39-22-12-11-21-17-24-31-13-8-14-33(37-6,23(18-31)30(5,36)29(2,3)4)27-32(31,25(21)26(22)40-27)15-16-34(24)19-20-9-10-20/h11-12,20,23-24,27,36H,7-10,13-19H2,1-6H3. The van der Waals surface area contributed by atoms with E-state index < -0.39 is 17.4 Å². The van der Waals surface area contributed by atoms with Gasteiger partial charge < -0.3 is 24.1 Å². The van der Waals surface area contributed by atoms with E-state index in [1.165, 1.54) is 30.5 Å². The fraction of sp³-hybridized carbons (Fsp3) is 0.788. The molecule has 2 heterocycles. The van der Waals surface area contributed by atoms with Gasteiger partial charge in [0, 0.05) is 42.0 Å². The summed E-state index contributed by atoms with van der Waals surface area (Å²) in [5.74, 6) is 1.87. The predicted octanol–water partition coefficient (Wildman–Crippen LogP) is 5.63. The number of carbonyl (C=O) groups is 1. The first-order chi connectivity index (χ1) is 18.9. The summed E-state index contributed by atoms with van der Waals surface area (Å²) in [7, 11) is 1.83. The molecule has 7 unspecified atom stereocenters. The first-order valence-corrected chi connectivity index (χ1v) is 15.6. The normalized spacial score (nSPS) is 39.1. The van der Waals surface area contributed by atoms with Gasteiger partial charge in [0.05, 0.1) is 12.2 Å². The minimum absolute atomic E-state index is 0.0515. The van der Waals surface area contributed by atoms with Gasteiger partial charge in [0.2, 0.25) is 0 Å². The molecule has 5 aliphatic carbocycles. The van der Waals surface area contributed by atoms with Crippen LogP contribution in [0.5, 0.6) is 11.5 Å². The number of piperidine rings is 1. The molecule has 1 saturated heterocycles. The molecular weight excluding hydrogens is 506 g/mol. The SMILES string of the molecule is CCOC(=O)Oc1ccc2c3c1OC1C4(OC)CCCC5(CC4C(C)(O)C(C)(C)C)C(C2)N(CC2CC2)CCC315. The Morgan fingerprint density at radius 3 is 2.62 bits per heavy atom. The lowest BCUT2D eigenvalue weighted by molar-refractivity contribution is -0.271. The van der Waals surface area contributed by atoms with Gasteiger partial charge in [-0.3, -0.25) is 4.90 Å². The van der Waals surface area contributed by atoms with Gasteiger partial charge in [-0.15, -0.1) is 0 Å². The lowest BCUT2D eigenvalue weighted by Gasteiger charge is -2.70. The third-order valence-electron chi connectivity index (χ3n) is 12.5. The summed E-state index contributed by atoms with van der Waals surface area (Å²) in [6.45, 7) is 12.7. The maximum atomic E-state index is 12.5. The summed E-state index contributed by atoms with van der Waals surface area (Å²) in [5, 5.41) is 12.5. The maximum Gasteiger partial charge on any atom is 0.513 e. The highest BCUT2D eigenvalue weighted by atomic mass is 16.7. The van der Waals surface area contributed by atoms with Crippen LogP contribution in [0.4, 0.5) is 4.79 Å². The van der Waals surface area contributed by atoms with Crippen LogP contribution in [0.25, 0.3) is 0 Å². The molecule has 7 heteroatoms. The van der Waals surface area contributed by atoms with Crippen molar-refractivity contribution < 1.29 is 28.8 Å². The largest absolute Gasteiger partial charge is 0.513 e. The highest BCUT2D eigenvalue weighted by molar-refractivity contribution is 5.69. The summed E-state index contributed by atoms with van der Waals surface area (Å²) in [6.07, 6.45) is 7.62. The average molecular weight is 554 g/mol. The molecule has 0 radical (unpaired) electrons. The van der Waals surface area contributed by atoms with Crippen molar-refractivity contribution in [3.63, 3.8) is 0 Å². The van der Waals surface area contributed by atoms with Crippen LogP contribution in [-0.4, -0.2) is 66.3 Å². The summed E-state index contributed by atoms with van der Waals surface area (Å²) in [4.78, 5) is 15.3. The maximum absolute atomic E-state index is 12.5. The van der Waals surface area contributed by atoms with Crippen molar-refractivity contribution in [2.24, 2.45) is 22.7 Å². The van der Waals surface area contributed by atoms with E-state index >= 15 is 0 Å². The van der Waals surface area contributed by atoms with Crippen molar-refractivity contribution in [2.45, 2.75) is 115 Å². The van der Waals surface area contributed by atoms with Crippen LogP contribution >= 0.6 is 0 Å². The molecule has 2 spiro atoms. The Kier molecular flexibility index (Phi) is 5.82. The topological polar surface area (TPSA) is 77.5 Å². The van der Waals surface area contributed by atoms with Crippen molar-refractivity contribution in [1.82, 2.24) is 4.90 Å². The third kappa shape index (κ3) is 3.26. The highest BCUT2D eigenvalue weighted by Crippen LogP contribution is 2.76. The van der Waals surface area contributed by atoms with Gasteiger partial charge in [0.15, 0.2) is 11.5 Å². The molecule has 7 atom stereocenters. The van der Waals surface area contributed by atoms with Crippen molar-refractivity contribution in [1.29, 1.82) is 0 Å². The van der Waals surface area contributed by atoms with E-state index in [0.29, 0.717) is 17.5 Å². The van der Waals surface area contributed by atoms with E-state index in [9.17, 15) is 9.90 Å². The van der Waals surface area contributed by atoms with Crippen molar-refractivity contribution >= 4 is 6.16 Å². The van der Waals surface area contributed by atoms with Crippen LogP contribution in [0.2, 0.25) is 0 Å². The molecule has 7 aliphatic rings. The number of rotatable bonds is 6. The van der Waals surface area contributed by atoms with Crippen LogP contribution < -0.4 is 9.47 Å². The van der Waals surface area contributed by atoms with E-state index in [1.807, 2.05) is 20.1 Å². The zero-order chi connectivity index (χ0) is 28.3. The summed E-state index contributed by atoms with van der Waals surface area (Å²) >= 11 is 0. The van der Waals surface area contributed by atoms with Crippen LogP contribution in [0.3, 0.4) is 0 Å². The lowest BCUT2D eigenvalue weighted by atomic mass is 9.38. The number of benzene rings is 1. The number of hydrogen-bond donors (Lipinski definition) is 1. The number of hydrogen-bond acceptors (Lipinski definition) is 7. The number of ether oxygens (including phenoxy) is 4. The van der Waals surface area contributed by atoms with Crippen molar-refractivity contribution in [3.8, 4) is 11.5 Å². The molecule has 4 bridgehead atoms. The predicted molar refractivity (Wildman–Crippen MR) is 151 cm³/mol. The van der Waals surface area contributed by atoms with Crippen LogP contribution in [0, 0.1) is 22.7 Å². The fourth-order valence-corrected chi connectivity index (χ4v) is 10.1. The zero-order valence-electron chi connectivity index (χ0n) is 25.2. The van der Waals surface area contributed by atoms with Gasteiger partial charge in [0.25, 0.3) is 0 Å². The van der Waals surface area contributed by atoms with Crippen LogP contribution in [-0.2, 0) is 21.3 Å². The molecule has 4 saturated carbocycles. The Bertz CT molecular complexity index is 1220. The molecule has 0 aromatic heterocycles. The van der Waals surface area contributed by atoms with Crippen molar-refractivity contribution in [2.75, 3.05) is 26.8 Å². The number of fused-ring (bicyclic) bond motifs is 3. The Labute approximate surface area is 238 Å². The Morgan fingerprint density at radius 1 is 1.18 bits per heavy atom. The third-order valence-corrected chi connectivity index (χ3v) is 12.5. The van der Waals surface area contributed by atoms with Gasteiger partial charge in [0.1, 0.15) is 11.7 Å². The van der Waals surface area contributed by atoms with E-state index in [4.69, 9.17) is 18.9 Å². The number of aliphatic hydroxyl groups is 1. The Hall–Kier alpha value is -1.83. The molecule has 40 heavy (non-hydrogen) atoms. The Morgan fingerprint density at radius 2 is 1.95 bits per heavy atom. The molecular formula is C33H47NO6. The molecule has 0 amide bonds. The first kappa shape index (κ1) is 27.0. The smallest absolute Gasteiger partial charge is 0.482 e. The van der Waals surface area contributed by atoms with E-state index in [-0.39, 0.29) is 34.9 Å². The second-order valence-corrected chi connectivity index (χ2v) is 14.9. The second-order valence-electron chi connectivity index (χ2n) is 14.9. The van der Waals surface area contributed by atoms with Gasteiger partial charge in [-0.2, -0.15) is 0 Å². The fourth-order valence-electron chi connectivity index (χ4n) is 10.1. The number of likely N-dealkylation sites (tertiary alicyclic amines) is 1. The molecule has 5 fully saturated rings. The monoisotopic (exact) mass is 553 g/mol. The van der Waals surface area contributed by atoms with Crippen molar-refractivity contribution in [3.05, 3.63) is 23.3 Å². The average Bonchev–Trinajstić information content (AvgIpc) is 3.68. The number of carbonyl (C=O) groups excluding carboxylic acids is 1.